The summed E-state index contributed by atoms with van der Waals surface area (Å²) in [7, 11) is 0. The van der Waals surface area contributed by atoms with E-state index in [-0.39, 0.29) is 0 Å². The highest BCUT2D eigenvalue weighted by atomic mass is 16.3. The molecule has 260 valence electrons. The first-order chi connectivity index (χ1) is 27.8. The zero-order valence-electron chi connectivity index (χ0n) is 30.0. The second-order valence-electron chi connectivity index (χ2n) is 14.4. The molecule has 12 aromatic rings. The standard InChI is InChI=1S/C51H30N4O/c1-3-15-33(16-4-1)48-49(53-54-51(52-48)34-17-5-2-6-18-34)42-30-37(29-41-40-27-35-19-7-8-20-36(35)28-45(40)56-50(41)42)55-43-25-23-31-13-9-11-21-38(31)46(43)47-39-22-12-10-14-32(39)24-26-44(47)55/h1-30H. The molecule has 56 heavy (non-hydrogen) atoms. The van der Waals surface area contributed by atoms with Crippen molar-refractivity contribution in [1.82, 2.24) is 19.7 Å². The lowest BCUT2D eigenvalue weighted by atomic mass is 10.00. The Labute approximate surface area is 320 Å². The number of hydrogen-bond donors (Lipinski definition) is 0. The van der Waals surface area contributed by atoms with E-state index in [0.717, 1.165) is 71.8 Å². The lowest BCUT2D eigenvalue weighted by Crippen LogP contribution is -2.01. The maximum Gasteiger partial charge on any atom is 0.182 e. The van der Waals surface area contributed by atoms with Crippen LogP contribution >= 0.6 is 0 Å². The summed E-state index contributed by atoms with van der Waals surface area (Å²) in [6.07, 6.45) is 0. The van der Waals surface area contributed by atoms with E-state index in [2.05, 4.69) is 138 Å². The van der Waals surface area contributed by atoms with Gasteiger partial charge < -0.3 is 8.98 Å². The van der Waals surface area contributed by atoms with Crippen molar-refractivity contribution in [1.29, 1.82) is 0 Å². The molecule has 0 aliphatic heterocycles. The topological polar surface area (TPSA) is 56.7 Å². The van der Waals surface area contributed by atoms with E-state index < -0.39 is 0 Å². The van der Waals surface area contributed by atoms with Gasteiger partial charge in [-0.3, -0.25) is 0 Å². The van der Waals surface area contributed by atoms with Gasteiger partial charge in [-0.15, -0.1) is 10.2 Å². The Morgan fingerprint density at radius 1 is 0.411 bits per heavy atom. The maximum atomic E-state index is 6.91. The highest BCUT2D eigenvalue weighted by Gasteiger charge is 2.24. The summed E-state index contributed by atoms with van der Waals surface area (Å²) in [6, 6.07) is 64.0. The van der Waals surface area contributed by atoms with Crippen molar-refractivity contribution in [3.8, 4) is 39.6 Å². The van der Waals surface area contributed by atoms with Crippen LogP contribution < -0.4 is 0 Å². The van der Waals surface area contributed by atoms with Crippen LogP contribution in [0.4, 0.5) is 0 Å². The summed E-state index contributed by atoms with van der Waals surface area (Å²) in [5, 5.41) is 21.5. The van der Waals surface area contributed by atoms with E-state index in [0.29, 0.717) is 11.5 Å². The largest absolute Gasteiger partial charge is 0.455 e. The molecule has 5 nitrogen and oxygen atoms in total. The monoisotopic (exact) mass is 714 g/mol. The van der Waals surface area contributed by atoms with Crippen molar-refractivity contribution < 1.29 is 4.42 Å². The number of rotatable bonds is 4. The van der Waals surface area contributed by atoms with Gasteiger partial charge in [0.2, 0.25) is 0 Å². The van der Waals surface area contributed by atoms with Crippen molar-refractivity contribution >= 4 is 76.1 Å². The fraction of sp³-hybridized carbons (Fsp3) is 0. The lowest BCUT2D eigenvalue weighted by molar-refractivity contribution is 0.670. The van der Waals surface area contributed by atoms with Crippen LogP contribution in [0.15, 0.2) is 186 Å². The number of benzene rings is 9. The predicted molar refractivity (Wildman–Crippen MR) is 230 cm³/mol. The molecule has 5 heteroatoms. The Kier molecular flexibility index (Phi) is 6.56. The molecule has 0 aliphatic carbocycles. The van der Waals surface area contributed by atoms with E-state index in [1.54, 1.807) is 0 Å². The summed E-state index contributed by atoms with van der Waals surface area (Å²) >= 11 is 0. The molecule has 0 spiro atoms. The first-order valence-electron chi connectivity index (χ1n) is 18.9. The van der Waals surface area contributed by atoms with Gasteiger partial charge in [0.15, 0.2) is 5.82 Å². The molecule has 0 saturated heterocycles. The third-order valence-corrected chi connectivity index (χ3v) is 11.2. The van der Waals surface area contributed by atoms with Crippen LogP contribution in [0.5, 0.6) is 0 Å². The Morgan fingerprint density at radius 2 is 0.982 bits per heavy atom. The lowest BCUT2D eigenvalue weighted by Gasteiger charge is -2.14. The van der Waals surface area contributed by atoms with Crippen LogP contribution in [-0.4, -0.2) is 19.7 Å². The zero-order chi connectivity index (χ0) is 36.7. The predicted octanol–water partition coefficient (Wildman–Crippen LogP) is 13.3. The fourth-order valence-corrected chi connectivity index (χ4v) is 8.69. The Bertz CT molecular complexity index is 3440. The summed E-state index contributed by atoms with van der Waals surface area (Å²) < 4.78 is 9.32. The highest BCUT2D eigenvalue weighted by molar-refractivity contribution is 6.28. The molecular weight excluding hydrogens is 685 g/mol. The third-order valence-electron chi connectivity index (χ3n) is 11.2. The minimum absolute atomic E-state index is 0.567. The van der Waals surface area contributed by atoms with E-state index in [1.807, 2.05) is 48.5 Å². The van der Waals surface area contributed by atoms with Gasteiger partial charge in [-0.1, -0.05) is 146 Å². The van der Waals surface area contributed by atoms with Gasteiger partial charge in [-0.2, -0.15) is 0 Å². The second kappa shape index (κ2) is 11.9. The minimum atomic E-state index is 0.567. The molecular formula is C51H30N4O. The van der Waals surface area contributed by atoms with Gasteiger partial charge in [0, 0.05) is 43.9 Å². The van der Waals surface area contributed by atoms with Crippen LogP contribution in [0, 0.1) is 0 Å². The normalized spacial score (nSPS) is 11.9. The average Bonchev–Trinajstić information content (AvgIpc) is 3.81. The molecule has 3 aromatic heterocycles. The number of aromatic nitrogens is 4. The maximum absolute atomic E-state index is 6.91. The Morgan fingerprint density at radius 3 is 1.64 bits per heavy atom. The van der Waals surface area contributed by atoms with Gasteiger partial charge >= 0.3 is 0 Å². The van der Waals surface area contributed by atoms with E-state index in [9.17, 15) is 0 Å². The molecule has 0 atom stereocenters. The SMILES string of the molecule is c1ccc(-c2nnc(-c3cc(-n4c5ccc6ccccc6c5c5c6ccccc6ccc54)cc4c3oc3cc5ccccc5cc34)c(-c3ccccc3)n2)cc1. The van der Waals surface area contributed by atoms with Crippen molar-refractivity contribution in [2.75, 3.05) is 0 Å². The highest BCUT2D eigenvalue weighted by Crippen LogP contribution is 2.45. The van der Waals surface area contributed by atoms with Gasteiger partial charge in [0.1, 0.15) is 22.6 Å². The Balaban J connectivity index is 1.24. The molecule has 0 aliphatic rings. The summed E-state index contributed by atoms with van der Waals surface area (Å²) in [5.41, 5.74) is 8.90. The van der Waals surface area contributed by atoms with E-state index in [1.165, 1.54) is 32.3 Å². The van der Waals surface area contributed by atoms with Crippen LogP contribution in [0.1, 0.15) is 0 Å². The molecule has 0 bridgehead atoms. The first kappa shape index (κ1) is 30.8. The van der Waals surface area contributed by atoms with Crippen LogP contribution in [0.2, 0.25) is 0 Å². The van der Waals surface area contributed by atoms with Crippen LogP contribution in [-0.2, 0) is 0 Å². The first-order valence-corrected chi connectivity index (χ1v) is 18.9. The minimum Gasteiger partial charge on any atom is -0.455 e. The van der Waals surface area contributed by atoms with Gasteiger partial charge in [0.25, 0.3) is 0 Å². The molecule has 0 unspecified atom stereocenters. The quantitative estimate of drug-likeness (QED) is 0.182. The van der Waals surface area contributed by atoms with Crippen molar-refractivity contribution in [3.05, 3.63) is 182 Å². The number of furan rings is 1. The summed E-state index contributed by atoms with van der Waals surface area (Å²) in [5.74, 6) is 0.567. The number of fused-ring (bicyclic) bond motifs is 11. The fourth-order valence-electron chi connectivity index (χ4n) is 8.69. The van der Waals surface area contributed by atoms with Gasteiger partial charge in [-0.25, -0.2) is 4.98 Å². The van der Waals surface area contributed by atoms with Gasteiger partial charge in [-0.05, 0) is 68.7 Å². The average molecular weight is 715 g/mol. The second-order valence-corrected chi connectivity index (χ2v) is 14.4. The van der Waals surface area contributed by atoms with Crippen LogP contribution in [0.25, 0.3) is 116 Å². The molecule has 9 aromatic carbocycles. The van der Waals surface area contributed by atoms with Crippen LogP contribution in [0.3, 0.4) is 0 Å². The van der Waals surface area contributed by atoms with Crippen molar-refractivity contribution in [3.63, 3.8) is 0 Å². The molecule has 0 saturated carbocycles. The third kappa shape index (κ3) is 4.58. The van der Waals surface area contributed by atoms with Crippen molar-refractivity contribution in [2.24, 2.45) is 0 Å². The van der Waals surface area contributed by atoms with Gasteiger partial charge in [0.05, 0.1) is 11.0 Å². The zero-order valence-corrected chi connectivity index (χ0v) is 30.0. The van der Waals surface area contributed by atoms with Crippen molar-refractivity contribution in [2.45, 2.75) is 0 Å². The van der Waals surface area contributed by atoms with E-state index in [4.69, 9.17) is 19.6 Å². The molecule has 3 heterocycles. The number of hydrogen-bond acceptors (Lipinski definition) is 4. The molecule has 0 radical (unpaired) electrons. The molecule has 0 amide bonds. The molecule has 0 N–H and O–H groups in total. The number of nitrogens with zero attached hydrogens (tertiary/aromatic N) is 4. The van der Waals surface area contributed by atoms with E-state index >= 15 is 0 Å². The smallest absolute Gasteiger partial charge is 0.182 e. The summed E-state index contributed by atoms with van der Waals surface area (Å²) in [4.78, 5) is 5.23. The molecule has 0 fully saturated rings. The molecule has 12 rings (SSSR count). The Hall–Kier alpha value is -7.63. The summed E-state index contributed by atoms with van der Waals surface area (Å²) in [6.45, 7) is 0.